The van der Waals surface area contributed by atoms with Crippen LogP contribution < -0.4 is 0 Å². The predicted molar refractivity (Wildman–Crippen MR) is 59.6 cm³/mol. The predicted octanol–water partition coefficient (Wildman–Crippen LogP) is 0.679. The first-order valence-corrected chi connectivity index (χ1v) is 5.61. The van der Waals surface area contributed by atoms with Crippen LogP contribution in [0.15, 0.2) is 0 Å². The zero-order chi connectivity index (χ0) is 11.5. The first kappa shape index (κ1) is 12.4. The van der Waals surface area contributed by atoms with Gasteiger partial charge in [-0.15, -0.1) is 0 Å². The number of rotatable bonds is 3. The van der Waals surface area contributed by atoms with Crippen molar-refractivity contribution in [1.29, 1.82) is 0 Å². The number of hydrogen-bond acceptors (Lipinski definition) is 4. The largest absolute Gasteiger partial charge is 0.296 e. The van der Waals surface area contributed by atoms with E-state index in [1.54, 1.807) is 6.92 Å². The van der Waals surface area contributed by atoms with E-state index in [9.17, 15) is 10.1 Å². The molecule has 5 heteroatoms. The summed E-state index contributed by atoms with van der Waals surface area (Å²) in [6.07, 6.45) is 0. The smallest absolute Gasteiger partial charge is 0.244 e. The Labute approximate surface area is 91.2 Å². The minimum atomic E-state index is -0.817. The molecule has 15 heavy (non-hydrogen) atoms. The van der Waals surface area contributed by atoms with Gasteiger partial charge in [-0.25, -0.2) is 0 Å². The van der Waals surface area contributed by atoms with E-state index in [1.165, 1.54) is 0 Å². The molecule has 0 amide bonds. The van der Waals surface area contributed by atoms with Gasteiger partial charge in [-0.1, -0.05) is 13.8 Å². The summed E-state index contributed by atoms with van der Waals surface area (Å²) in [6.45, 7) is 10.6. The van der Waals surface area contributed by atoms with Crippen LogP contribution in [0.3, 0.4) is 0 Å². The molecule has 1 heterocycles. The number of nitrogens with zero attached hydrogens (tertiary/aromatic N) is 3. The summed E-state index contributed by atoms with van der Waals surface area (Å²) >= 11 is 0. The van der Waals surface area contributed by atoms with E-state index in [0.717, 1.165) is 26.2 Å². The van der Waals surface area contributed by atoms with Gasteiger partial charge in [-0.2, -0.15) is 0 Å². The summed E-state index contributed by atoms with van der Waals surface area (Å²) in [5.74, 6) is 0. The second-order valence-electron chi connectivity index (χ2n) is 4.49. The Morgan fingerprint density at radius 1 is 1.20 bits per heavy atom. The lowest BCUT2D eigenvalue weighted by Gasteiger charge is -2.26. The highest BCUT2D eigenvalue weighted by atomic mass is 16.6. The average molecular weight is 215 g/mol. The summed E-state index contributed by atoms with van der Waals surface area (Å²) in [5.41, 5.74) is -0.817. The molecule has 0 aromatic heterocycles. The summed E-state index contributed by atoms with van der Waals surface area (Å²) < 4.78 is 0. The Bertz CT molecular complexity index is 219. The summed E-state index contributed by atoms with van der Waals surface area (Å²) in [4.78, 5) is 15.3. The lowest BCUT2D eigenvalue weighted by molar-refractivity contribution is -0.565. The van der Waals surface area contributed by atoms with E-state index in [-0.39, 0.29) is 4.92 Å². The fraction of sp³-hybridized carbons (Fsp3) is 1.00. The van der Waals surface area contributed by atoms with Crippen molar-refractivity contribution in [3.8, 4) is 0 Å². The second-order valence-corrected chi connectivity index (χ2v) is 4.49. The van der Waals surface area contributed by atoms with Crippen LogP contribution in [0.25, 0.3) is 0 Å². The maximum atomic E-state index is 11.1. The molecule has 0 radical (unpaired) electrons. The van der Waals surface area contributed by atoms with E-state index < -0.39 is 5.54 Å². The van der Waals surface area contributed by atoms with Gasteiger partial charge in [0.25, 0.3) is 0 Å². The summed E-state index contributed by atoms with van der Waals surface area (Å²) in [6, 6.07) is 0. The van der Waals surface area contributed by atoms with Crippen molar-refractivity contribution >= 4 is 0 Å². The van der Waals surface area contributed by atoms with E-state index in [4.69, 9.17) is 0 Å². The fourth-order valence-electron chi connectivity index (χ4n) is 2.11. The Kier molecular flexibility index (Phi) is 4.04. The molecule has 0 unspecified atom stereocenters. The molecule has 0 atom stereocenters. The third-order valence-electron chi connectivity index (χ3n) is 3.20. The molecule has 5 nitrogen and oxygen atoms in total. The molecule has 0 aliphatic carbocycles. The van der Waals surface area contributed by atoms with E-state index >= 15 is 0 Å². The van der Waals surface area contributed by atoms with Gasteiger partial charge in [-0.3, -0.25) is 19.9 Å². The maximum Gasteiger partial charge on any atom is 0.244 e. The van der Waals surface area contributed by atoms with E-state index in [1.807, 2.05) is 0 Å². The first-order chi connectivity index (χ1) is 7.01. The van der Waals surface area contributed by atoms with Crippen molar-refractivity contribution in [2.75, 3.05) is 39.3 Å². The minimum Gasteiger partial charge on any atom is -0.296 e. The van der Waals surface area contributed by atoms with Crippen LogP contribution in [0, 0.1) is 10.1 Å². The zero-order valence-corrected chi connectivity index (χ0v) is 9.90. The fourth-order valence-corrected chi connectivity index (χ4v) is 2.11. The van der Waals surface area contributed by atoms with Crippen LogP contribution in [-0.4, -0.2) is 59.5 Å². The standard InChI is InChI=1S/C10H21N3O2/c1-4-11-6-7-12(5-2)9-10(3,8-11)13(14)15/h4-9H2,1-3H3. The van der Waals surface area contributed by atoms with Gasteiger partial charge in [0.2, 0.25) is 5.54 Å². The zero-order valence-electron chi connectivity index (χ0n) is 9.90. The van der Waals surface area contributed by atoms with Crippen molar-refractivity contribution in [3.05, 3.63) is 10.1 Å². The molecule has 88 valence electrons. The highest BCUT2D eigenvalue weighted by molar-refractivity contribution is 4.85. The highest BCUT2D eigenvalue weighted by Gasteiger charge is 2.42. The summed E-state index contributed by atoms with van der Waals surface area (Å²) in [7, 11) is 0. The Hall–Kier alpha value is -0.680. The molecule has 1 saturated heterocycles. The summed E-state index contributed by atoms with van der Waals surface area (Å²) in [5, 5.41) is 11.1. The SMILES string of the molecule is CCN1CCN(CC)CC(C)([N+](=O)[O-])C1. The van der Waals surface area contributed by atoms with Crippen LogP contribution >= 0.6 is 0 Å². The highest BCUT2D eigenvalue weighted by Crippen LogP contribution is 2.17. The van der Waals surface area contributed by atoms with Crippen LogP contribution in [-0.2, 0) is 0 Å². The van der Waals surface area contributed by atoms with Crippen molar-refractivity contribution in [1.82, 2.24) is 9.80 Å². The molecule has 0 saturated carbocycles. The van der Waals surface area contributed by atoms with Gasteiger partial charge < -0.3 is 0 Å². The second kappa shape index (κ2) is 4.90. The number of likely N-dealkylation sites (N-methyl/N-ethyl adjacent to an activating group) is 2. The van der Waals surface area contributed by atoms with Crippen LogP contribution in [0.4, 0.5) is 0 Å². The van der Waals surface area contributed by atoms with Gasteiger partial charge in [0.05, 0.1) is 13.1 Å². The monoisotopic (exact) mass is 215 g/mol. The molecule has 1 rings (SSSR count). The van der Waals surface area contributed by atoms with Gasteiger partial charge >= 0.3 is 0 Å². The molecule has 0 aromatic rings. The van der Waals surface area contributed by atoms with Crippen LogP contribution in [0.5, 0.6) is 0 Å². The molecule has 0 N–H and O–H groups in total. The average Bonchev–Trinajstić information content (AvgIpc) is 2.38. The third kappa shape index (κ3) is 2.89. The maximum absolute atomic E-state index is 11.1. The lowest BCUT2D eigenvalue weighted by atomic mass is 10.0. The van der Waals surface area contributed by atoms with Gasteiger partial charge in [-0.05, 0) is 13.1 Å². The van der Waals surface area contributed by atoms with Crippen molar-refractivity contribution in [2.24, 2.45) is 0 Å². The molecule has 0 bridgehead atoms. The first-order valence-electron chi connectivity index (χ1n) is 5.61. The number of hydrogen-bond donors (Lipinski definition) is 0. The molecular formula is C10H21N3O2. The van der Waals surface area contributed by atoms with Crippen molar-refractivity contribution in [2.45, 2.75) is 26.3 Å². The molecule has 1 fully saturated rings. The van der Waals surface area contributed by atoms with E-state index in [0.29, 0.717) is 13.1 Å². The Morgan fingerprint density at radius 3 is 1.87 bits per heavy atom. The Morgan fingerprint density at radius 2 is 1.60 bits per heavy atom. The van der Waals surface area contributed by atoms with Crippen LogP contribution in [0.1, 0.15) is 20.8 Å². The van der Waals surface area contributed by atoms with E-state index in [2.05, 4.69) is 23.6 Å². The lowest BCUT2D eigenvalue weighted by Crippen LogP contribution is -2.50. The molecule has 0 spiro atoms. The number of nitro groups is 1. The molecular weight excluding hydrogens is 194 g/mol. The van der Waals surface area contributed by atoms with Crippen molar-refractivity contribution in [3.63, 3.8) is 0 Å². The van der Waals surface area contributed by atoms with Crippen molar-refractivity contribution < 1.29 is 4.92 Å². The molecule has 0 aromatic carbocycles. The van der Waals surface area contributed by atoms with Crippen LogP contribution in [0.2, 0.25) is 0 Å². The molecule has 1 aliphatic rings. The van der Waals surface area contributed by atoms with Gasteiger partial charge in [0, 0.05) is 24.9 Å². The minimum absolute atomic E-state index is 0.121. The molecule has 1 aliphatic heterocycles. The third-order valence-corrected chi connectivity index (χ3v) is 3.20. The van der Waals surface area contributed by atoms with Gasteiger partial charge in [0.15, 0.2) is 0 Å². The Balaban J connectivity index is 2.79. The van der Waals surface area contributed by atoms with Gasteiger partial charge in [0.1, 0.15) is 0 Å². The normalized spacial score (nSPS) is 23.7. The quantitative estimate of drug-likeness (QED) is 0.513. The topological polar surface area (TPSA) is 49.6 Å².